The van der Waals surface area contributed by atoms with E-state index in [0.29, 0.717) is 50.4 Å². The van der Waals surface area contributed by atoms with Crippen LogP contribution in [0.15, 0.2) is 47.5 Å². The summed E-state index contributed by atoms with van der Waals surface area (Å²) in [6.07, 6.45) is 2.59. The molecule has 0 bridgehead atoms. The van der Waals surface area contributed by atoms with E-state index in [1.54, 1.807) is 42.6 Å². The summed E-state index contributed by atoms with van der Waals surface area (Å²) in [6.45, 7) is 2.43. The number of hydrogen-bond donors (Lipinski definition) is 1. The number of benzene rings is 1. The van der Waals surface area contributed by atoms with Gasteiger partial charge in [-0.05, 0) is 43.3 Å². The van der Waals surface area contributed by atoms with Crippen LogP contribution in [0.4, 0.5) is 5.82 Å². The van der Waals surface area contributed by atoms with Crippen molar-refractivity contribution in [3.8, 4) is 6.07 Å². The largest absolute Gasteiger partial charge is 0.352 e. The summed E-state index contributed by atoms with van der Waals surface area (Å²) < 4.78 is 25.8. The van der Waals surface area contributed by atoms with E-state index in [2.05, 4.69) is 15.8 Å². The van der Waals surface area contributed by atoms with Crippen molar-refractivity contribution in [2.45, 2.75) is 17.7 Å². The average molecular weight is 414 g/mol. The van der Waals surface area contributed by atoms with Crippen LogP contribution in [-0.2, 0) is 21.2 Å². The highest BCUT2D eigenvalue weighted by Gasteiger charge is 2.23. The Labute approximate surface area is 170 Å². The van der Waals surface area contributed by atoms with Crippen molar-refractivity contribution in [3.63, 3.8) is 0 Å². The van der Waals surface area contributed by atoms with Crippen molar-refractivity contribution < 1.29 is 13.2 Å². The van der Waals surface area contributed by atoms with Gasteiger partial charge in [0.15, 0.2) is 0 Å². The Morgan fingerprint density at radius 2 is 1.86 bits per heavy atom. The standard InChI is InChI=1S/C20H23N5O3S/c1-22-29(27,28)18-7-4-16(5-8-18)6-9-19(26)24-11-13-25(14-12-24)20-17(15-21)3-2-10-23-20/h2-5,7-8,10,22H,6,9,11-14H2,1H3. The minimum absolute atomic E-state index is 0.0677. The number of rotatable bonds is 6. The number of nitriles is 1. The van der Waals surface area contributed by atoms with Crippen molar-refractivity contribution in [1.29, 1.82) is 5.26 Å². The van der Waals surface area contributed by atoms with Gasteiger partial charge in [-0.1, -0.05) is 12.1 Å². The first-order valence-electron chi connectivity index (χ1n) is 9.35. The van der Waals surface area contributed by atoms with Crippen LogP contribution in [0.1, 0.15) is 17.5 Å². The third kappa shape index (κ3) is 4.91. The molecule has 0 unspecified atom stereocenters. The lowest BCUT2D eigenvalue weighted by Crippen LogP contribution is -2.49. The number of amides is 1. The maximum absolute atomic E-state index is 12.5. The van der Waals surface area contributed by atoms with Crippen LogP contribution >= 0.6 is 0 Å². The van der Waals surface area contributed by atoms with E-state index < -0.39 is 10.0 Å². The van der Waals surface area contributed by atoms with Gasteiger partial charge in [0.2, 0.25) is 15.9 Å². The van der Waals surface area contributed by atoms with Gasteiger partial charge >= 0.3 is 0 Å². The van der Waals surface area contributed by atoms with E-state index in [0.717, 1.165) is 5.56 Å². The van der Waals surface area contributed by atoms with Crippen LogP contribution in [0, 0.1) is 11.3 Å². The lowest BCUT2D eigenvalue weighted by Gasteiger charge is -2.35. The minimum Gasteiger partial charge on any atom is -0.352 e. The van der Waals surface area contributed by atoms with Gasteiger partial charge in [0, 0.05) is 38.8 Å². The molecule has 29 heavy (non-hydrogen) atoms. The van der Waals surface area contributed by atoms with Crippen molar-refractivity contribution in [3.05, 3.63) is 53.7 Å². The third-order valence-electron chi connectivity index (χ3n) is 4.97. The molecule has 0 saturated carbocycles. The van der Waals surface area contributed by atoms with Gasteiger partial charge in [-0.25, -0.2) is 18.1 Å². The molecule has 1 amide bonds. The predicted octanol–water partition coefficient (Wildman–Crippen LogP) is 1.14. The summed E-state index contributed by atoms with van der Waals surface area (Å²) in [5.41, 5.74) is 1.45. The first-order chi connectivity index (χ1) is 13.9. The van der Waals surface area contributed by atoms with Gasteiger partial charge in [0.25, 0.3) is 0 Å². The molecule has 3 rings (SSSR count). The van der Waals surface area contributed by atoms with Gasteiger partial charge in [-0.2, -0.15) is 5.26 Å². The van der Waals surface area contributed by atoms with Crippen LogP contribution < -0.4 is 9.62 Å². The highest BCUT2D eigenvalue weighted by molar-refractivity contribution is 7.89. The zero-order valence-corrected chi connectivity index (χ0v) is 17.0. The van der Waals surface area contributed by atoms with Crippen molar-refractivity contribution in [2.24, 2.45) is 0 Å². The average Bonchev–Trinajstić information content (AvgIpc) is 2.77. The Hall–Kier alpha value is -2.96. The Morgan fingerprint density at radius 3 is 2.48 bits per heavy atom. The fraction of sp³-hybridized carbons (Fsp3) is 0.350. The van der Waals surface area contributed by atoms with E-state index >= 15 is 0 Å². The van der Waals surface area contributed by atoms with E-state index in [1.165, 1.54) is 7.05 Å². The summed E-state index contributed by atoms with van der Waals surface area (Å²) in [6, 6.07) is 12.2. The molecule has 9 heteroatoms. The predicted molar refractivity (Wildman–Crippen MR) is 109 cm³/mol. The first kappa shape index (κ1) is 20.8. The first-order valence-corrected chi connectivity index (χ1v) is 10.8. The second kappa shape index (κ2) is 9.03. The SMILES string of the molecule is CNS(=O)(=O)c1ccc(CCC(=O)N2CCN(c3ncccc3C#N)CC2)cc1. The van der Waals surface area contributed by atoms with E-state index in [9.17, 15) is 18.5 Å². The lowest BCUT2D eigenvalue weighted by molar-refractivity contribution is -0.131. The molecular weight excluding hydrogens is 390 g/mol. The molecule has 1 aromatic carbocycles. The molecule has 1 aliphatic heterocycles. The molecule has 0 spiro atoms. The number of hydrogen-bond acceptors (Lipinski definition) is 6. The zero-order valence-electron chi connectivity index (χ0n) is 16.2. The number of pyridine rings is 1. The van der Waals surface area contributed by atoms with Gasteiger partial charge < -0.3 is 9.80 Å². The van der Waals surface area contributed by atoms with Crippen molar-refractivity contribution >= 4 is 21.7 Å². The third-order valence-corrected chi connectivity index (χ3v) is 6.40. The highest BCUT2D eigenvalue weighted by atomic mass is 32.2. The maximum atomic E-state index is 12.5. The van der Waals surface area contributed by atoms with Gasteiger partial charge in [0.1, 0.15) is 11.9 Å². The summed E-state index contributed by atoms with van der Waals surface area (Å²) in [7, 11) is -2.08. The molecule has 2 aromatic rings. The Morgan fingerprint density at radius 1 is 1.17 bits per heavy atom. The Kier molecular flexibility index (Phi) is 6.46. The van der Waals surface area contributed by atoms with Gasteiger partial charge in [-0.15, -0.1) is 0 Å². The molecule has 1 aromatic heterocycles. The number of sulfonamides is 1. The molecule has 2 heterocycles. The number of nitrogens with zero attached hydrogens (tertiary/aromatic N) is 4. The monoisotopic (exact) mass is 413 g/mol. The minimum atomic E-state index is -3.45. The number of aryl methyl sites for hydroxylation is 1. The Bertz CT molecular complexity index is 1010. The van der Waals surface area contributed by atoms with E-state index in [4.69, 9.17) is 0 Å². The van der Waals surface area contributed by atoms with Gasteiger partial charge in [0.05, 0.1) is 10.5 Å². The van der Waals surface area contributed by atoms with Crippen LogP contribution in [0.3, 0.4) is 0 Å². The number of piperazine rings is 1. The summed E-state index contributed by atoms with van der Waals surface area (Å²) >= 11 is 0. The molecule has 0 radical (unpaired) electrons. The summed E-state index contributed by atoms with van der Waals surface area (Å²) in [4.78, 5) is 20.9. The molecule has 1 fully saturated rings. The molecule has 0 atom stereocenters. The number of nitrogens with one attached hydrogen (secondary N) is 1. The number of anilines is 1. The van der Waals surface area contributed by atoms with E-state index in [1.807, 2.05) is 9.80 Å². The lowest BCUT2D eigenvalue weighted by atomic mass is 10.1. The van der Waals surface area contributed by atoms with E-state index in [-0.39, 0.29) is 10.8 Å². The number of aromatic nitrogens is 1. The normalized spacial score (nSPS) is 14.5. The Balaban J connectivity index is 1.52. The van der Waals surface area contributed by atoms with Crippen LogP contribution in [-0.4, -0.2) is 57.4 Å². The fourth-order valence-corrected chi connectivity index (χ4v) is 4.00. The molecule has 152 valence electrons. The molecule has 0 aliphatic carbocycles. The summed E-state index contributed by atoms with van der Waals surface area (Å²) in [5.74, 6) is 0.733. The second-order valence-corrected chi connectivity index (χ2v) is 8.59. The van der Waals surface area contributed by atoms with Crippen molar-refractivity contribution in [2.75, 3.05) is 38.1 Å². The van der Waals surface area contributed by atoms with Crippen LogP contribution in [0.2, 0.25) is 0 Å². The molecule has 1 saturated heterocycles. The van der Waals surface area contributed by atoms with Crippen molar-refractivity contribution in [1.82, 2.24) is 14.6 Å². The quantitative estimate of drug-likeness (QED) is 0.761. The smallest absolute Gasteiger partial charge is 0.240 e. The number of carbonyl (C=O) groups excluding carboxylic acids is 1. The highest BCUT2D eigenvalue weighted by Crippen LogP contribution is 2.19. The topological polar surface area (TPSA) is 106 Å². The molecule has 1 aliphatic rings. The van der Waals surface area contributed by atoms with Gasteiger partial charge in [-0.3, -0.25) is 4.79 Å². The zero-order chi connectivity index (χ0) is 20.9. The number of carbonyl (C=O) groups is 1. The maximum Gasteiger partial charge on any atom is 0.240 e. The summed E-state index contributed by atoms with van der Waals surface area (Å²) in [5, 5.41) is 9.23. The van der Waals surface area contributed by atoms with Crippen LogP contribution in [0.5, 0.6) is 0 Å². The fourth-order valence-electron chi connectivity index (χ4n) is 3.27. The molecule has 8 nitrogen and oxygen atoms in total. The van der Waals surface area contributed by atoms with Crippen LogP contribution in [0.25, 0.3) is 0 Å². The molecule has 1 N–H and O–H groups in total. The molecular formula is C20H23N5O3S. The second-order valence-electron chi connectivity index (χ2n) is 6.71.